The average Bonchev–Trinajstić information content (AvgIpc) is 2.50. The summed E-state index contributed by atoms with van der Waals surface area (Å²) in [6.07, 6.45) is 1.81. The quantitative estimate of drug-likeness (QED) is 0.712. The molecule has 102 valence electrons. The van der Waals surface area contributed by atoms with Crippen LogP contribution in [0.25, 0.3) is 21.5 Å². The molecule has 2 heteroatoms. The van der Waals surface area contributed by atoms with Gasteiger partial charge in [0.15, 0.2) is 0 Å². The lowest BCUT2D eigenvalue weighted by molar-refractivity contribution is 0.974. The summed E-state index contributed by atoms with van der Waals surface area (Å²) in [6.45, 7) is 1.34. The minimum absolute atomic E-state index is 0.671. The highest BCUT2D eigenvalue weighted by Crippen LogP contribution is 2.33. The van der Waals surface area contributed by atoms with Crippen LogP contribution in [0.1, 0.15) is 11.1 Å². The van der Waals surface area contributed by atoms with Crippen LogP contribution >= 0.6 is 0 Å². The summed E-state index contributed by atoms with van der Waals surface area (Å²) in [6, 6.07) is 17.2. The topological polar surface area (TPSA) is 52.0 Å². The molecule has 0 saturated heterocycles. The van der Waals surface area contributed by atoms with E-state index in [2.05, 4.69) is 48.5 Å². The molecule has 4 N–H and O–H groups in total. The van der Waals surface area contributed by atoms with Crippen molar-refractivity contribution in [2.45, 2.75) is 12.8 Å². The van der Waals surface area contributed by atoms with E-state index in [4.69, 9.17) is 11.5 Å². The van der Waals surface area contributed by atoms with Crippen LogP contribution in [-0.4, -0.2) is 13.1 Å². The van der Waals surface area contributed by atoms with E-state index in [-0.39, 0.29) is 0 Å². The van der Waals surface area contributed by atoms with Crippen molar-refractivity contribution in [1.82, 2.24) is 0 Å². The molecule has 0 fully saturated rings. The molecule has 0 aliphatic rings. The van der Waals surface area contributed by atoms with Crippen molar-refractivity contribution in [3.63, 3.8) is 0 Å². The van der Waals surface area contributed by atoms with Crippen LogP contribution in [0.15, 0.2) is 48.5 Å². The molecule has 0 saturated carbocycles. The summed E-state index contributed by atoms with van der Waals surface area (Å²) in [5.41, 5.74) is 14.4. The van der Waals surface area contributed by atoms with E-state index < -0.39 is 0 Å². The Kier molecular flexibility index (Phi) is 3.68. The molecule has 20 heavy (non-hydrogen) atoms. The van der Waals surface area contributed by atoms with E-state index >= 15 is 0 Å². The van der Waals surface area contributed by atoms with Crippen molar-refractivity contribution in [3.05, 3.63) is 59.7 Å². The van der Waals surface area contributed by atoms with E-state index in [9.17, 15) is 0 Å². The Morgan fingerprint density at radius 2 is 0.850 bits per heavy atom. The van der Waals surface area contributed by atoms with Crippen molar-refractivity contribution in [2.24, 2.45) is 11.5 Å². The second-order valence-corrected chi connectivity index (χ2v) is 5.13. The highest BCUT2D eigenvalue weighted by molar-refractivity contribution is 6.05. The number of hydrogen-bond donors (Lipinski definition) is 2. The molecule has 0 amide bonds. The van der Waals surface area contributed by atoms with E-state index in [1.807, 2.05) is 0 Å². The van der Waals surface area contributed by atoms with E-state index in [1.54, 1.807) is 0 Å². The average molecular weight is 264 g/mol. The number of fused-ring (bicyclic) bond motifs is 2. The first-order valence-electron chi connectivity index (χ1n) is 7.18. The van der Waals surface area contributed by atoms with Crippen molar-refractivity contribution in [3.8, 4) is 0 Å². The normalized spacial score (nSPS) is 11.3. The first-order chi connectivity index (χ1) is 9.86. The van der Waals surface area contributed by atoms with Gasteiger partial charge in [0.25, 0.3) is 0 Å². The summed E-state index contributed by atoms with van der Waals surface area (Å²) >= 11 is 0. The fraction of sp³-hybridized carbons (Fsp3) is 0.222. The summed E-state index contributed by atoms with van der Waals surface area (Å²) in [4.78, 5) is 0. The smallest absolute Gasteiger partial charge is 0.00363 e. The van der Waals surface area contributed by atoms with Crippen molar-refractivity contribution in [2.75, 3.05) is 13.1 Å². The summed E-state index contributed by atoms with van der Waals surface area (Å²) in [5.74, 6) is 0. The predicted molar refractivity (Wildman–Crippen MR) is 87.0 cm³/mol. The van der Waals surface area contributed by atoms with E-state index in [1.165, 1.54) is 32.7 Å². The van der Waals surface area contributed by atoms with Gasteiger partial charge in [-0.1, -0.05) is 48.5 Å². The zero-order valence-corrected chi connectivity index (χ0v) is 11.6. The SMILES string of the molecule is NCCc1c2ccccc2c(CCN)c2ccccc12. The Balaban J connectivity index is 2.47. The van der Waals surface area contributed by atoms with E-state index in [0.717, 1.165) is 12.8 Å². The standard InChI is InChI=1S/C18H20N2/c19-11-9-17-13-5-1-2-6-14(13)18(10-12-20)16-8-4-3-7-15(16)17/h1-8H,9-12,19-20H2. The maximum atomic E-state index is 5.82. The summed E-state index contributed by atoms with van der Waals surface area (Å²) in [5, 5.41) is 5.28. The van der Waals surface area contributed by atoms with Gasteiger partial charge >= 0.3 is 0 Å². The zero-order valence-electron chi connectivity index (χ0n) is 11.6. The lowest BCUT2D eigenvalue weighted by Gasteiger charge is -2.16. The van der Waals surface area contributed by atoms with Crippen LogP contribution < -0.4 is 11.5 Å². The van der Waals surface area contributed by atoms with Crippen LogP contribution in [0, 0.1) is 0 Å². The van der Waals surface area contributed by atoms with Gasteiger partial charge in [0.2, 0.25) is 0 Å². The molecule has 3 rings (SSSR count). The number of hydrogen-bond acceptors (Lipinski definition) is 2. The minimum Gasteiger partial charge on any atom is -0.330 e. The molecule has 0 spiro atoms. The maximum Gasteiger partial charge on any atom is -0.00363 e. The Morgan fingerprint density at radius 1 is 0.550 bits per heavy atom. The zero-order chi connectivity index (χ0) is 13.9. The van der Waals surface area contributed by atoms with Gasteiger partial charge in [-0.3, -0.25) is 0 Å². The van der Waals surface area contributed by atoms with Gasteiger partial charge in [-0.2, -0.15) is 0 Å². The highest BCUT2D eigenvalue weighted by atomic mass is 14.5. The van der Waals surface area contributed by atoms with Crippen LogP contribution in [0.3, 0.4) is 0 Å². The number of benzene rings is 3. The second kappa shape index (κ2) is 5.61. The van der Waals surface area contributed by atoms with Gasteiger partial charge in [-0.05, 0) is 58.6 Å². The molecule has 0 heterocycles. The third-order valence-electron chi connectivity index (χ3n) is 3.94. The first-order valence-corrected chi connectivity index (χ1v) is 7.18. The predicted octanol–water partition coefficient (Wildman–Crippen LogP) is 3.00. The molecule has 0 aliphatic heterocycles. The number of rotatable bonds is 4. The lowest BCUT2D eigenvalue weighted by Crippen LogP contribution is -2.07. The third kappa shape index (κ3) is 2.07. The lowest BCUT2D eigenvalue weighted by atomic mass is 9.89. The van der Waals surface area contributed by atoms with Crippen molar-refractivity contribution < 1.29 is 0 Å². The molecule has 0 radical (unpaired) electrons. The molecule has 3 aromatic rings. The molecule has 0 aliphatic carbocycles. The molecule has 0 bridgehead atoms. The first kappa shape index (κ1) is 13.1. The molecular weight excluding hydrogens is 244 g/mol. The highest BCUT2D eigenvalue weighted by Gasteiger charge is 2.12. The summed E-state index contributed by atoms with van der Waals surface area (Å²) in [7, 11) is 0. The van der Waals surface area contributed by atoms with Crippen LogP contribution in [0.4, 0.5) is 0 Å². The van der Waals surface area contributed by atoms with Crippen LogP contribution in [-0.2, 0) is 12.8 Å². The summed E-state index contributed by atoms with van der Waals surface area (Å²) < 4.78 is 0. The Bertz CT molecular complexity index is 626. The fourth-order valence-electron chi connectivity index (χ4n) is 3.14. The molecule has 2 nitrogen and oxygen atoms in total. The Morgan fingerprint density at radius 3 is 1.10 bits per heavy atom. The van der Waals surface area contributed by atoms with Gasteiger partial charge < -0.3 is 11.5 Å². The minimum atomic E-state index is 0.671. The monoisotopic (exact) mass is 264 g/mol. The van der Waals surface area contributed by atoms with E-state index in [0.29, 0.717) is 13.1 Å². The molecular formula is C18H20N2. The molecule has 0 atom stereocenters. The second-order valence-electron chi connectivity index (χ2n) is 5.13. The van der Waals surface area contributed by atoms with Gasteiger partial charge in [0.1, 0.15) is 0 Å². The fourth-order valence-corrected chi connectivity index (χ4v) is 3.14. The third-order valence-corrected chi connectivity index (χ3v) is 3.94. The molecule has 0 unspecified atom stereocenters. The number of nitrogens with two attached hydrogens (primary N) is 2. The molecule has 0 aromatic heterocycles. The van der Waals surface area contributed by atoms with Crippen molar-refractivity contribution >= 4 is 21.5 Å². The molecule has 3 aromatic carbocycles. The van der Waals surface area contributed by atoms with Gasteiger partial charge in [-0.15, -0.1) is 0 Å². The van der Waals surface area contributed by atoms with Crippen LogP contribution in [0.5, 0.6) is 0 Å². The Hall–Kier alpha value is -1.90. The van der Waals surface area contributed by atoms with Crippen molar-refractivity contribution in [1.29, 1.82) is 0 Å². The van der Waals surface area contributed by atoms with Gasteiger partial charge in [0, 0.05) is 0 Å². The Labute approximate surface area is 119 Å². The maximum absolute atomic E-state index is 5.82. The largest absolute Gasteiger partial charge is 0.330 e. The van der Waals surface area contributed by atoms with Gasteiger partial charge in [0.05, 0.1) is 0 Å². The van der Waals surface area contributed by atoms with Crippen LogP contribution in [0.2, 0.25) is 0 Å². The van der Waals surface area contributed by atoms with Gasteiger partial charge in [-0.25, -0.2) is 0 Å².